The van der Waals surface area contributed by atoms with Crippen LogP contribution in [0.3, 0.4) is 0 Å². The number of aliphatic hydroxyl groups excluding tert-OH is 1. The molecule has 2 aromatic rings. The molecule has 0 radical (unpaired) electrons. The highest BCUT2D eigenvalue weighted by Crippen LogP contribution is 2.25. The number of piperidine rings is 1. The highest BCUT2D eigenvalue weighted by Gasteiger charge is 2.23. The Morgan fingerprint density at radius 2 is 1.97 bits per heavy atom. The van der Waals surface area contributed by atoms with Gasteiger partial charge in [-0.15, -0.1) is 0 Å². The zero-order valence-electron chi connectivity index (χ0n) is 22.0. The maximum absolute atomic E-state index is 10.9. The van der Waals surface area contributed by atoms with Gasteiger partial charge in [0, 0.05) is 25.3 Å². The maximum atomic E-state index is 10.9. The second-order valence-corrected chi connectivity index (χ2v) is 9.71. The van der Waals surface area contributed by atoms with Gasteiger partial charge in [0.15, 0.2) is 0 Å². The largest absolute Gasteiger partial charge is 0.494 e. The molecule has 0 amide bonds. The molecule has 0 unspecified atom stereocenters. The van der Waals surface area contributed by atoms with E-state index >= 15 is 0 Å². The van der Waals surface area contributed by atoms with Crippen molar-refractivity contribution in [2.75, 3.05) is 57.9 Å². The van der Waals surface area contributed by atoms with Crippen molar-refractivity contribution in [2.24, 2.45) is 5.92 Å². The minimum Gasteiger partial charge on any atom is -0.494 e. The van der Waals surface area contributed by atoms with E-state index in [1.54, 1.807) is 0 Å². The Bertz CT molecular complexity index is 888. The number of aldehydes is 1. The molecule has 0 spiro atoms. The van der Waals surface area contributed by atoms with E-state index in [4.69, 9.17) is 14.4 Å². The van der Waals surface area contributed by atoms with E-state index in [1.807, 2.05) is 32.2 Å². The van der Waals surface area contributed by atoms with E-state index in [9.17, 15) is 4.79 Å². The first-order chi connectivity index (χ1) is 17.6. The highest BCUT2D eigenvalue weighted by molar-refractivity contribution is 5.77. The van der Waals surface area contributed by atoms with Crippen molar-refractivity contribution in [3.8, 4) is 5.75 Å². The van der Waals surface area contributed by atoms with Gasteiger partial charge in [-0.2, -0.15) is 4.98 Å². The summed E-state index contributed by atoms with van der Waals surface area (Å²) in [7, 11) is 1.87. The number of carbonyl (C=O) groups excluding carboxylic acids is 1. The van der Waals surface area contributed by atoms with Gasteiger partial charge in [0.25, 0.3) is 5.95 Å². The van der Waals surface area contributed by atoms with Crippen molar-refractivity contribution in [2.45, 2.75) is 58.4 Å². The number of aromatic nitrogens is 2. The second kappa shape index (κ2) is 15.6. The summed E-state index contributed by atoms with van der Waals surface area (Å²) in [6.45, 7) is 8.88. The van der Waals surface area contributed by atoms with Crippen molar-refractivity contribution in [3.05, 3.63) is 35.2 Å². The summed E-state index contributed by atoms with van der Waals surface area (Å²) in [5.41, 5.74) is 1.68. The Balaban J connectivity index is 0.000000538. The van der Waals surface area contributed by atoms with Gasteiger partial charge in [0.1, 0.15) is 12.0 Å². The summed E-state index contributed by atoms with van der Waals surface area (Å²) in [6.07, 6.45) is 8.81. The van der Waals surface area contributed by atoms with Crippen molar-refractivity contribution < 1.29 is 19.2 Å². The summed E-state index contributed by atoms with van der Waals surface area (Å²) in [5, 5.41) is 15.3. The molecule has 1 aromatic carbocycles. The smallest absolute Gasteiger partial charge is 0.266 e. The molecule has 0 bridgehead atoms. The fourth-order valence-electron chi connectivity index (χ4n) is 4.68. The van der Waals surface area contributed by atoms with Crippen LogP contribution in [0, 0.1) is 12.8 Å². The van der Waals surface area contributed by atoms with Gasteiger partial charge in [-0.1, -0.05) is 0 Å². The lowest BCUT2D eigenvalue weighted by atomic mass is 9.92. The molecule has 2 N–H and O–H groups in total. The summed E-state index contributed by atoms with van der Waals surface area (Å²) >= 11 is 0. The standard InChI is InChI=1S/C23H32N4O3.C4H11NO/c1-18-15-21(7-6-20(18)17-28)29-14-4-5-19-8-12-27(13-9-19)23-24-22(30-25-23)16-26-10-2-3-11-26;1-5-3-2-4-6/h6-7,15,17,19H,2-5,8-14,16H2,1H3;5-6H,2-4H2,1H3. The van der Waals surface area contributed by atoms with Crippen LogP contribution in [0.25, 0.3) is 0 Å². The quantitative estimate of drug-likeness (QED) is 0.334. The number of rotatable bonds is 12. The molecule has 2 fully saturated rings. The number of nitrogens with one attached hydrogen (secondary N) is 1. The Kier molecular flexibility index (Phi) is 12.2. The van der Waals surface area contributed by atoms with Crippen molar-refractivity contribution in [1.82, 2.24) is 20.4 Å². The monoisotopic (exact) mass is 501 g/mol. The van der Waals surface area contributed by atoms with E-state index in [0.717, 1.165) is 106 Å². The number of hydrogen-bond acceptors (Lipinski definition) is 9. The molecule has 4 rings (SSSR count). The van der Waals surface area contributed by atoms with Crippen LogP contribution in [0.15, 0.2) is 22.7 Å². The predicted molar refractivity (Wildman–Crippen MR) is 141 cm³/mol. The predicted octanol–water partition coefficient (Wildman–Crippen LogP) is 3.45. The molecule has 2 aliphatic heterocycles. The number of anilines is 1. The lowest BCUT2D eigenvalue weighted by Gasteiger charge is -2.30. The van der Waals surface area contributed by atoms with Gasteiger partial charge in [0.2, 0.25) is 5.89 Å². The fraction of sp³-hybridized carbons (Fsp3) is 0.667. The highest BCUT2D eigenvalue weighted by atomic mass is 16.5. The van der Waals surface area contributed by atoms with Crippen LogP contribution in [0.1, 0.15) is 66.8 Å². The zero-order chi connectivity index (χ0) is 25.6. The summed E-state index contributed by atoms with van der Waals surface area (Å²) < 4.78 is 11.3. The minimum absolute atomic E-state index is 0.292. The van der Waals surface area contributed by atoms with E-state index in [2.05, 4.69) is 25.3 Å². The Hall–Kier alpha value is -2.49. The van der Waals surface area contributed by atoms with Gasteiger partial charge in [-0.05, 0) is 113 Å². The minimum atomic E-state index is 0.292. The number of hydrogen-bond donors (Lipinski definition) is 2. The van der Waals surface area contributed by atoms with Crippen LogP contribution in [0.4, 0.5) is 5.95 Å². The van der Waals surface area contributed by atoms with E-state index in [-0.39, 0.29) is 0 Å². The number of likely N-dealkylation sites (tertiary alicyclic amines) is 1. The van der Waals surface area contributed by atoms with Crippen LogP contribution < -0.4 is 15.0 Å². The van der Waals surface area contributed by atoms with E-state index in [0.29, 0.717) is 13.2 Å². The third-order valence-corrected chi connectivity index (χ3v) is 6.89. The number of benzene rings is 1. The van der Waals surface area contributed by atoms with Crippen molar-refractivity contribution >= 4 is 12.2 Å². The van der Waals surface area contributed by atoms with Crippen molar-refractivity contribution in [1.29, 1.82) is 0 Å². The number of aliphatic hydroxyl groups is 1. The first kappa shape index (κ1) is 28.1. The molecule has 0 aliphatic carbocycles. The third kappa shape index (κ3) is 9.19. The fourth-order valence-corrected chi connectivity index (χ4v) is 4.68. The van der Waals surface area contributed by atoms with Crippen molar-refractivity contribution in [3.63, 3.8) is 0 Å². The summed E-state index contributed by atoms with van der Waals surface area (Å²) in [5.74, 6) is 3.05. The molecule has 2 aliphatic rings. The van der Waals surface area contributed by atoms with Gasteiger partial charge < -0.3 is 24.6 Å². The molecule has 9 heteroatoms. The maximum Gasteiger partial charge on any atom is 0.266 e. The number of aryl methyl sites for hydroxylation is 1. The Labute approximate surface area is 215 Å². The molecular formula is C27H43N5O4. The lowest BCUT2D eigenvalue weighted by molar-refractivity contribution is 0.112. The number of nitrogens with zero attached hydrogens (tertiary/aromatic N) is 4. The van der Waals surface area contributed by atoms with Gasteiger partial charge in [0.05, 0.1) is 13.2 Å². The normalized spacial score (nSPS) is 16.6. The molecule has 9 nitrogen and oxygen atoms in total. The number of carbonyl (C=O) groups is 1. The average molecular weight is 502 g/mol. The van der Waals surface area contributed by atoms with Crippen LogP contribution in [-0.4, -0.2) is 79.4 Å². The Morgan fingerprint density at radius 1 is 1.19 bits per heavy atom. The third-order valence-electron chi connectivity index (χ3n) is 6.89. The first-order valence-electron chi connectivity index (χ1n) is 13.4. The summed E-state index contributed by atoms with van der Waals surface area (Å²) in [6, 6.07) is 5.63. The molecule has 200 valence electrons. The second-order valence-electron chi connectivity index (χ2n) is 9.71. The molecule has 0 atom stereocenters. The molecule has 2 saturated heterocycles. The summed E-state index contributed by atoms with van der Waals surface area (Å²) in [4.78, 5) is 20.1. The van der Waals surface area contributed by atoms with Gasteiger partial charge in [-0.25, -0.2) is 0 Å². The SMILES string of the molecule is CNCCCO.Cc1cc(OCCCC2CCN(c3noc(CN4CCCC4)n3)CC2)ccc1C=O. The molecule has 36 heavy (non-hydrogen) atoms. The van der Waals surface area contributed by atoms with Gasteiger partial charge in [-0.3, -0.25) is 9.69 Å². The molecule has 3 heterocycles. The van der Waals surface area contributed by atoms with Gasteiger partial charge >= 0.3 is 0 Å². The van der Waals surface area contributed by atoms with E-state index < -0.39 is 0 Å². The van der Waals surface area contributed by atoms with E-state index in [1.165, 1.54) is 19.3 Å². The molecular weight excluding hydrogens is 458 g/mol. The van der Waals surface area contributed by atoms with Crippen LogP contribution >= 0.6 is 0 Å². The zero-order valence-corrected chi connectivity index (χ0v) is 22.0. The molecule has 1 aromatic heterocycles. The van der Waals surface area contributed by atoms with Crippen LogP contribution in [-0.2, 0) is 6.54 Å². The first-order valence-corrected chi connectivity index (χ1v) is 13.4. The van der Waals surface area contributed by atoms with Crippen LogP contribution in [0.5, 0.6) is 5.75 Å². The average Bonchev–Trinajstić information content (AvgIpc) is 3.59. The molecule has 0 saturated carbocycles. The van der Waals surface area contributed by atoms with Crippen LogP contribution in [0.2, 0.25) is 0 Å². The Morgan fingerprint density at radius 3 is 2.61 bits per heavy atom. The lowest BCUT2D eigenvalue weighted by Crippen LogP contribution is -2.34. The topological polar surface area (TPSA) is 104 Å². The number of ether oxygens (including phenoxy) is 1.